The molecule has 1 aromatic heterocycles. The number of aromatic nitrogens is 1. The highest BCUT2D eigenvalue weighted by atomic mass is 127. The molecule has 0 amide bonds. The minimum atomic E-state index is 0. The molecule has 3 rings (SSSR count). The molecule has 1 unspecified atom stereocenters. The van der Waals surface area contributed by atoms with Crippen LogP contribution in [0.4, 0.5) is 5.69 Å². The molecule has 0 radical (unpaired) electrons. The second-order valence-electron chi connectivity index (χ2n) is 7.56. The van der Waals surface area contributed by atoms with Crippen LogP contribution < -0.4 is 15.5 Å². The molecular formula is C21H32IN5O. The molecule has 1 aliphatic rings. The van der Waals surface area contributed by atoms with Gasteiger partial charge in [0.2, 0.25) is 0 Å². The number of guanidine groups is 1. The molecule has 1 aliphatic heterocycles. The van der Waals surface area contributed by atoms with E-state index >= 15 is 0 Å². The fourth-order valence-electron chi connectivity index (χ4n) is 3.33. The van der Waals surface area contributed by atoms with E-state index in [-0.39, 0.29) is 24.0 Å². The average Bonchev–Trinajstić information content (AvgIpc) is 3.15. The lowest BCUT2D eigenvalue weighted by atomic mass is 10.0. The van der Waals surface area contributed by atoms with Gasteiger partial charge in [0.05, 0.1) is 12.2 Å². The highest BCUT2D eigenvalue weighted by Crippen LogP contribution is 2.20. The van der Waals surface area contributed by atoms with Crippen LogP contribution in [0.3, 0.4) is 0 Å². The number of rotatable bonds is 5. The van der Waals surface area contributed by atoms with Crippen LogP contribution in [-0.2, 0) is 6.54 Å². The first-order valence-corrected chi connectivity index (χ1v) is 9.79. The van der Waals surface area contributed by atoms with E-state index in [1.165, 1.54) is 17.7 Å². The van der Waals surface area contributed by atoms with Crippen molar-refractivity contribution in [3.63, 3.8) is 0 Å². The zero-order chi connectivity index (χ0) is 19.2. The molecule has 1 fully saturated rings. The molecule has 0 saturated carbocycles. The number of anilines is 1. The molecule has 28 heavy (non-hydrogen) atoms. The van der Waals surface area contributed by atoms with Gasteiger partial charge in [-0.15, -0.1) is 24.0 Å². The second-order valence-corrected chi connectivity index (χ2v) is 7.56. The summed E-state index contributed by atoms with van der Waals surface area (Å²) in [6.07, 6.45) is 2.31. The maximum absolute atomic E-state index is 5.39. The number of nitrogens with zero attached hydrogens (tertiary/aromatic N) is 3. The molecule has 1 aromatic carbocycles. The van der Waals surface area contributed by atoms with E-state index in [2.05, 4.69) is 70.7 Å². The van der Waals surface area contributed by atoms with Crippen molar-refractivity contribution in [1.29, 1.82) is 0 Å². The van der Waals surface area contributed by atoms with Gasteiger partial charge in [-0.2, -0.15) is 0 Å². The highest BCUT2D eigenvalue weighted by molar-refractivity contribution is 14.0. The Morgan fingerprint density at radius 3 is 2.71 bits per heavy atom. The Labute approximate surface area is 185 Å². The molecule has 154 valence electrons. The summed E-state index contributed by atoms with van der Waals surface area (Å²) in [5, 5.41) is 11.0. The lowest BCUT2D eigenvalue weighted by Gasteiger charge is -2.35. The van der Waals surface area contributed by atoms with Gasteiger partial charge in [-0.1, -0.05) is 36.7 Å². The number of piperidine rings is 1. The highest BCUT2D eigenvalue weighted by Gasteiger charge is 2.21. The molecule has 7 heteroatoms. The second kappa shape index (κ2) is 10.7. The predicted octanol–water partition coefficient (Wildman–Crippen LogP) is 4.06. The van der Waals surface area contributed by atoms with Gasteiger partial charge < -0.3 is 20.1 Å². The lowest BCUT2D eigenvalue weighted by Crippen LogP contribution is -2.51. The van der Waals surface area contributed by atoms with Gasteiger partial charge in [0.15, 0.2) is 11.7 Å². The van der Waals surface area contributed by atoms with Crippen molar-refractivity contribution in [2.75, 3.05) is 25.0 Å². The van der Waals surface area contributed by atoms with Crippen molar-refractivity contribution < 1.29 is 4.52 Å². The van der Waals surface area contributed by atoms with E-state index in [1.54, 1.807) is 7.05 Å². The Hall–Kier alpha value is -1.77. The van der Waals surface area contributed by atoms with Crippen molar-refractivity contribution >= 4 is 35.6 Å². The maximum atomic E-state index is 5.39. The van der Waals surface area contributed by atoms with E-state index in [1.807, 2.05) is 6.07 Å². The monoisotopic (exact) mass is 497 g/mol. The van der Waals surface area contributed by atoms with E-state index in [0.717, 1.165) is 36.9 Å². The van der Waals surface area contributed by atoms with Crippen LogP contribution in [-0.4, -0.2) is 37.3 Å². The lowest BCUT2D eigenvalue weighted by molar-refractivity contribution is 0.371. The molecule has 1 saturated heterocycles. The topological polar surface area (TPSA) is 65.7 Å². The molecule has 1 atom stereocenters. The fraction of sp³-hybridized carbons (Fsp3) is 0.524. The van der Waals surface area contributed by atoms with Gasteiger partial charge in [-0.25, -0.2) is 0 Å². The van der Waals surface area contributed by atoms with Gasteiger partial charge in [0.25, 0.3) is 0 Å². The molecule has 2 aromatic rings. The third-order valence-corrected chi connectivity index (χ3v) is 4.98. The van der Waals surface area contributed by atoms with Crippen LogP contribution in [0.15, 0.2) is 39.8 Å². The first kappa shape index (κ1) is 22.5. The molecule has 0 bridgehead atoms. The maximum Gasteiger partial charge on any atom is 0.191 e. The zero-order valence-corrected chi connectivity index (χ0v) is 19.6. The first-order valence-electron chi connectivity index (χ1n) is 9.79. The van der Waals surface area contributed by atoms with E-state index in [4.69, 9.17) is 4.52 Å². The molecule has 6 nitrogen and oxygen atoms in total. The number of aliphatic imine (C=N–C) groups is 1. The Morgan fingerprint density at radius 1 is 1.32 bits per heavy atom. The standard InChI is InChI=1S/C21H31N5O.HI/c1-15(2)20-12-19(27-25-20)13-23-21(22-4)24-17-6-5-11-26(14-17)18-9-7-16(3)8-10-18;/h7-10,12,15,17H,5-6,11,13-14H2,1-4H3,(H2,22,23,24);1H. The summed E-state index contributed by atoms with van der Waals surface area (Å²) in [4.78, 5) is 6.81. The molecular weight excluding hydrogens is 465 g/mol. The normalized spacial score (nSPS) is 17.4. The number of benzene rings is 1. The van der Waals surface area contributed by atoms with Crippen LogP contribution in [0.2, 0.25) is 0 Å². The Balaban J connectivity index is 0.00000280. The predicted molar refractivity (Wildman–Crippen MR) is 126 cm³/mol. The Bertz CT molecular complexity index is 756. The molecule has 0 spiro atoms. The van der Waals surface area contributed by atoms with E-state index in [9.17, 15) is 0 Å². The molecule has 2 heterocycles. The zero-order valence-electron chi connectivity index (χ0n) is 17.2. The van der Waals surface area contributed by atoms with Gasteiger partial charge in [0.1, 0.15) is 0 Å². The van der Waals surface area contributed by atoms with E-state index in [0.29, 0.717) is 18.5 Å². The van der Waals surface area contributed by atoms with Crippen molar-refractivity contribution in [2.45, 2.75) is 52.1 Å². The van der Waals surface area contributed by atoms with Crippen molar-refractivity contribution in [1.82, 2.24) is 15.8 Å². The van der Waals surface area contributed by atoms with E-state index < -0.39 is 0 Å². The largest absolute Gasteiger partial charge is 0.369 e. The number of aryl methyl sites for hydroxylation is 1. The summed E-state index contributed by atoms with van der Waals surface area (Å²) in [7, 11) is 1.80. The van der Waals surface area contributed by atoms with Crippen LogP contribution in [0.25, 0.3) is 0 Å². The Kier molecular flexibility index (Phi) is 8.59. The summed E-state index contributed by atoms with van der Waals surface area (Å²) >= 11 is 0. The number of hydrogen-bond acceptors (Lipinski definition) is 4. The summed E-state index contributed by atoms with van der Waals surface area (Å²) in [6, 6.07) is 11.1. The average molecular weight is 497 g/mol. The Morgan fingerprint density at radius 2 is 2.07 bits per heavy atom. The smallest absolute Gasteiger partial charge is 0.191 e. The SMILES string of the molecule is CN=C(NCc1cc(C(C)C)no1)NC1CCCN(c2ccc(C)cc2)C1.I. The van der Waals surface area contributed by atoms with Gasteiger partial charge >= 0.3 is 0 Å². The number of nitrogens with one attached hydrogen (secondary N) is 2. The number of halogens is 1. The summed E-state index contributed by atoms with van der Waals surface area (Å²) in [5.41, 5.74) is 3.57. The van der Waals surface area contributed by atoms with Crippen molar-refractivity contribution in [2.24, 2.45) is 4.99 Å². The molecule has 2 N–H and O–H groups in total. The fourth-order valence-corrected chi connectivity index (χ4v) is 3.33. The van der Waals surface area contributed by atoms with Crippen LogP contribution in [0.5, 0.6) is 0 Å². The molecule has 0 aliphatic carbocycles. The van der Waals surface area contributed by atoms with Crippen LogP contribution >= 0.6 is 24.0 Å². The van der Waals surface area contributed by atoms with Crippen LogP contribution in [0.1, 0.15) is 49.6 Å². The third-order valence-electron chi connectivity index (χ3n) is 4.98. The summed E-state index contributed by atoms with van der Waals surface area (Å²) < 4.78 is 5.39. The minimum Gasteiger partial charge on any atom is -0.369 e. The van der Waals surface area contributed by atoms with Crippen molar-refractivity contribution in [3.8, 4) is 0 Å². The van der Waals surface area contributed by atoms with Gasteiger partial charge in [-0.3, -0.25) is 4.99 Å². The third kappa shape index (κ3) is 6.12. The summed E-state index contributed by atoms with van der Waals surface area (Å²) in [5.74, 6) is 2.00. The minimum absolute atomic E-state index is 0. The first-order chi connectivity index (χ1) is 13.0. The van der Waals surface area contributed by atoms with Gasteiger partial charge in [-0.05, 0) is 37.8 Å². The van der Waals surface area contributed by atoms with Crippen molar-refractivity contribution in [3.05, 3.63) is 47.3 Å². The van der Waals surface area contributed by atoms with Gasteiger partial charge in [0, 0.05) is 37.9 Å². The quantitative estimate of drug-likeness (QED) is 0.371. The summed E-state index contributed by atoms with van der Waals surface area (Å²) in [6.45, 7) is 9.00. The van der Waals surface area contributed by atoms with Crippen LogP contribution in [0, 0.1) is 6.92 Å². The number of hydrogen-bond donors (Lipinski definition) is 2.